The third-order valence-corrected chi connectivity index (χ3v) is 4.85. The topological polar surface area (TPSA) is 46.9 Å². The molecule has 4 nitrogen and oxygen atoms in total. The van der Waals surface area contributed by atoms with Gasteiger partial charge in [-0.05, 0) is 49.9 Å². The third kappa shape index (κ3) is 3.92. The molecule has 0 spiro atoms. The van der Waals surface area contributed by atoms with Gasteiger partial charge in [0.2, 0.25) is 5.91 Å². The number of rotatable bonds is 5. The highest BCUT2D eigenvalue weighted by atomic mass is 19.4. The summed E-state index contributed by atoms with van der Waals surface area (Å²) in [5.74, 6) is -0.620. The highest BCUT2D eigenvalue weighted by molar-refractivity contribution is 5.93. The molecule has 1 aromatic heterocycles. The van der Waals surface area contributed by atoms with Gasteiger partial charge in [-0.15, -0.1) is 0 Å². The van der Waals surface area contributed by atoms with E-state index < -0.39 is 17.8 Å². The quantitative estimate of drug-likeness (QED) is 0.837. The van der Waals surface area contributed by atoms with Gasteiger partial charge in [0.25, 0.3) is 0 Å². The first kappa shape index (κ1) is 18.5. The lowest BCUT2D eigenvalue weighted by Crippen LogP contribution is -2.26. The van der Waals surface area contributed by atoms with Gasteiger partial charge >= 0.3 is 6.18 Å². The number of aromatic nitrogens is 2. The molecule has 1 aromatic carbocycles. The van der Waals surface area contributed by atoms with Crippen LogP contribution in [0, 0.1) is 19.8 Å². The summed E-state index contributed by atoms with van der Waals surface area (Å²) in [4.78, 5) is 12.5. The SMILES string of the molecule is Cc1cccc(NC(=O)C(C)Cn2nc(C(F)(F)F)cc2C2CC2)c1C. The van der Waals surface area contributed by atoms with Crippen LogP contribution in [0.1, 0.15) is 48.2 Å². The first-order chi connectivity index (χ1) is 12.2. The summed E-state index contributed by atoms with van der Waals surface area (Å²) in [5, 5.41) is 6.59. The van der Waals surface area contributed by atoms with Crippen LogP contribution in [0.4, 0.5) is 18.9 Å². The number of hydrogen-bond donors (Lipinski definition) is 1. The summed E-state index contributed by atoms with van der Waals surface area (Å²) >= 11 is 0. The van der Waals surface area contributed by atoms with E-state index in [4.69, 9.17) is 0 Å². The summed E-state index contributed by atoms with van der Waals surface area (Å²) in [6.07, 6.45) is -2.74. The molecule has 1 aliphatic carbocycles. The Kier molecular flexibility index (Phi) is 4.82. The predicted octanol–water partition coefficient (Wildman–Crippen LogP) is 4.67. The molecule has 2 aromatic rings. The summed E-state index contributed by atoms with van der Waals surface area (Å²) in [7, 11) is 0. The normalized spacial score (nSPS) is 15.8. The fourth-order valence-corrected chi connectivity index (χ4v) is 2.91. The summed E-state index contributed by atoms with van der Waals surface area (Å²) in [6, 6.07) is 6.75. The minimum atomic E-state index is -4.47. The van der Waals surface area contributed by atoms with Gasteiger partial charge in [0.05, 0.1) is 12.5 Å². The number of alkyl halides is 3. The van der Waals surface area contributed by atoms with Crippen LogP contribution in [0.25, 0.3) is 0 Å². The molecule has 140 valence electrons. The largest absolute Gasteiger partial charge is 0.435 e. The summed E-state index contributed by atoms with van der Waals surface area (Å²) < 4.78 is 40.3. The second-order valence-electron chi connectivity index (χ2n) is 7.05. The van der Waals surface area contributed by atoms with Crippen molar-refractivity contribution in [3.8, 4) is 0 Å². The number of aryl methyl sites for hydroxylation is 1. The number of hydrogen-bond acceptors (Lipinski definition) is 2. The van der Waals surface area contributed by atoms with Gasteiger partial charge in [0, 0.05) is 17.3 Å². The number of carbonyl (C=O) groups excluding carboxylic acids is 1. The van der Waals surface area contributed by atoms with Crippen LogP contribution in [0.15, 0.2) is 24.3 Å². The van der Waals surface area contributed by atoms with Crippen LogP contribution in [0.3, 0.4) is 0 Å². The minimum absolute atomic E-state index is 0.118. The van der Waals surface area contributed by atoms with Crippen molar-refractivity contribution in [1.82, 2.24) is 9.78 Å². The lowest BCUT2D eigenvalue weighted by atomic mass is 10.1. The fourth-order valence-electron chi connectivity index (χ4n) is 2.91. The average molecular weight is 365 g/mol. The maximum Gasteiger partial charge on any atom is 0.435 e. The van der Waals surface area contributed by atoms with Crippen LogP contribution in [-0.2, 0) is 17.5 Å². The van der Waals surface area contributed by atoms with Crippen molar-refractivity contribution in [3.63, 3.8) is 0 Å². The molecule has 1 aliphatic rings. The van der Waals surface area contributed by atoms with Crippen LogP contribution in [0.5, 0.6) is 0 Å². The monoisotopic (exact) mass is 365 g/mol. The molecule has 0 saturated heterocycles. The number of nitrogens with one attached hydrogen (secondary N) is 1. The first-order valence-corrected chi connectivity index (χ1v) is 8.69. The molecule has 1 fully saturated rings. The molecule has 1 saturated carbocycles. The third-order valence-electron chi connectivity index (χ3n) is 4.85. The Balaban J connectivity index is 1.75. The molecule has 3 rings (SSSR count). The van der Waals surface area contributed by atoms with Crippen molar-refractivity contribution in [2.45, 2.75) is 52.3 Å². The Morgan fingerprint density at radius 3 is 2.65 bits per heavy atom. The number of halogens is 3. The van der Waals surface area contributed by atoms with E-state index in [9.17, 15) is 18.0 Å². The smallest absolute Gasteiger partial charge is 0.326 e. The van der Waals surface area contributed by atoms with Gasteiger partial charge in [0.15, 0.2) is 5.69 Å². The van der Waals surface area contributed by atoms with Crippen molar-refractivity contribution in [2.24, 2.45) is 5.92 Å². The molecular weight excluding hydrogens is 343 g/mol. The van der Waals surface area contributed by atoms with Crippen molar-refractivity contribution in [3.05, 3.63) is 46.8 Å². The number of nitrogens with zero attached hydrogens (tertiary/aromatic N) is 2. The van der Waals surface area contributed by atoms with E-state index in [-0.39, 0.29) is 18.4 Å². The molecule has 1 N–H and O–H groups in total. The molecule has 0 aliphatic heterocycles. The second-order valence-corrected chi connectivity index (χ2v) is 7.05. The van der Waals surface area contributed by atoms with Crippen molar-refractivity contribution < 1.29 is 18.0 Å². The Morgan fingerprint density at radius 2 is 2.04 bits per heavy atom. The zero-order chi connectivity index (χ0) is 19.1. The van der Waals surface area contributed by atoms with Crippen molar-refractivity contribution in [2.75, 3.05) is 5.32 Å². The summed E-state index contributed by atoms with van der Waals surface area (Å²) in [6.45, 7) is 5.70. The van der Waals surface area contributed by atoms with E-state index in [1.54, 1.807) is 6.92 Å². The Bertz CT molecular complexity index is 822. The van der Waals surface area contributed by atoms with E-state index in [1.807, 2.05) is 32.0 Å². The zero-order valence-electron chi connectivity index (χ0n) is 15.0. The molecule has 1 unspecified atom stereocenters. The number of amides is 1. The minimum Gasteiger partial charge on any atom is -0.326 e. The van der Waals surface area contributed by atoms with Gasteiger partial charge in [0.1, 0.15) is 0 Å². The van der Waals surface area contributed by atoms with Crippen LogP contribution in [0.2, 0.25) is 0 Å². The van der Waals surface area contributed by atoms with E-state index >= 15 is 0 Å². The average Bonchev–Trinajstić information content (AvgIpc) is 3.31. The maximum absolute atomic E-state index is 13.0. The molecule has 1 amide bonds. The second kappa shape index (κ2) is 6.78. The van der Waals surface area contributed by atoms with Gasteiger partial charge in [-0.1, -0.05) is 19.1 Å². The van der Waals surface area contributed by atoms with E-state index in [1.165, 1.54) is 4.68 Å². The van der Waals surface area contributed by atoms with E-state index in [0.29, 0.717) is 5.69 Å². The van der Waals surface area contributed by atoms with Gasteiger partial charge in [-0.2, -0.15) is 18.3 Å². The molecule has 0 radical (unpaired) electrons. The van der Waals surface area contributed by atoms with Crippen molar-refractivity contribution >= 4 is 11.6 Å². The standard InChI is InChI=1S/C19H22F3N3O/c1-11-5-4-6-15(13(11)3)23-18(26)12(2)10-25-16(14-7-8-14)9-17(24-25)19(20,21)22/h4-6,9,12,14H,7-8,10H2,1-3H3,(H,23,26). The number of anilines is 1. The lowest BCUT2D eigenvalue weighted by molar-refractivity contribution is -0.141. The zero-order valence-corrected chi connectivity index (χ0v) is 15.0. The predicted molar refractivity (Wildman–Crippen MR) is 92.9 cm³/mol. The Hall–Kier alpha value is -2.31. The fraction of sp³-hybridized carbons (Fsp3) is 0.474. The highest BCUT2D eigenvalue weighted by Gasteiger charge is 2.38. The van der Waals surface area contributed by atoms with Gasteiger partial charge in [-0.25, -0.2) is 0 Å². The van der Waals surface area contributed by atoms with Crippen LogP contribution in [-0.4, -0.2) is 15.7 Å². The number of carbonyl (C=O) groups is 1. The van der Waals surface area contributed by atoms with Gasteiger partial charge < -0.3 is 5.32 Å². The Morgan fingerprint density at radius 1 is 1.35 bits per heavy atom. The molecule has 7 heteroatoms. The Labute approximate surface area is 150 Å². The maximum atomic E-state index is 13.0. The summed E-state index contributed by atoms with van der Waals surface area (Å²) in [5.41, 5.74) is 2.45. The molecule has 1 atom stereocenters. The van der Waals surface area contributed by atoms with Crippen LogP contribution < -0.4 is 5.32 Å². The van der Waals surface area contributed by atoms with Crippen molar-refractivity contribution in [1.29, 1.82) is 0 Å². The van der Waals surface area contributed by atoms with Gasteiger partial charge in [-0.3, -0.25) is 9.48 Å². The molecular formula is C19H22F3N3O. The van der Waals surface area contributed by atoms with Crippen LogP contribution >= 0.6 is 0 Å². The lowest BCUT2D eigenvalue weighted by Gasteiger charge is -2.16. The molecule has 26 heavy (non-hydrogen) atoms. The van der Waals surface area contributed by atoms with E-state index in [2.05, 4.69) is 10.4 Å². The highest BCUT2D eigenvalue weighted by Crippen LogP contribution is 2.42. The molecule has 1 heterocycles. The first-order valence-electron chi connectivity index (χ1n) is 8.69. The van der Waals surface area contributed by atoms with E-state index in [0.717, 1.165) is 35.7 Å². The molecule has 0 bridgehead atoms. The number of benzene rings is 1.